The maximum Gasteiger partial charge on any atom is 0.328 e. The van der Waals surface area contributed by atoms with Crippen molar-refractivity contribution in [3.63, 3.8) is 0 Å². The number of benzene rings is 2. The molecule has 0 aliphatic carbocycles. The first-order chi connectivity index (χ1) is 12.2. The standard InChI is InChI=1S/C20H20N2O3/c1-24-14-9-7-13(8-10-14)22-12-18-16(11-19(22)20(23)25-2)15-5-3-4-6-17(15)21-18/h3-10,19,21H,11-12H2,1-2H3/t19-/m0/s1. The number of hydrogen-bond acceptors (Lipinski definition) is 4. The minimum Gasteiger partial charge on any atom is -0.497 e. The lowest BCUT2D eigenvalue weighted by molar-refractivity contribution is -0.142. The Balaban J connectivity index is 1.77. The zero-order valence-electron chi connectivity index (χ0n) is 14.3. The number of hydrogen-bond donors (Lipinski definition) is 1. The van der Waals surface area contributed by atoms with Crippen LogP contribution >= 0.6 is 0 Å². The number of carbonyl (C=O) groups excluding carboxylic acids is 1. The van der Waals surface area contributed by atoms with Crippen molar-refractivity contribution in [1.29, 1.82) is 0 Å². The third-order valence-electron chi connectivity index (χ3n) is 4.88. The summed E-state index contributed by atoms with van der Waals surface area (Å²) in [5.74, 6) is 0.577. The number of H-pyrrole nitrogens is 1. The van der Waals surface area contributed by atoms with Crippen LogP contribution in [0.15, 0.2) is 48.5 Å². The summed E-state index contributed by atoms with van der Waals surface area (Å²) in [6.07, 6.45) is 0.623. The van der Waals surface area contributed by atoms with Crippen molar-refractivity contribution >= 4 is 22.6 Å². The van der Waals surface area contributed by atoms with Crippen molar-refractivity contribution < 1.29 is 14.3 Å². The van der Waals surface area contributed by atoms with E-state index in [1.54, 1.807) is 7.11 Å². The Kier molecular flexibility index (Phi) is 3.84. The monoisotopic (exact) mass is 336 g/mol. The summed E-state index contributed by atoms with van der Waals surface area (Å²) in [5.41, 5.74) is 4.43. The van der Waals surface area contributed by atoms with Crippen LogP contribution in [0.5, 0.6) is 5.75 Å². The number of ether oxygens (including phenoxy) is 2. The SMILES string of the molecule is COC(=O)[C@@H]1Cc2c([nH]c3ccccc23)CN1c1ccc(OC)cc1. The van der Waals surface area contributed by atoms with Gasteiger partial charge in [0, 0.05) is 28.7 Å². The van der Waals surface area contributed by atoms with E-state index in [0.29, 0.717) is 13.0 Å². The largest absolute Gasteiger partial charge is 0.497 e. The van der Waals surface area contributed by atoms with Gasteiger partial charge in [0.25, 0.3) is 0 Å². The predicted molar refractivity (Wildman–Crippen MR) is 97.0 cm³/mol. The number of para-hydroxylation sites is 1. The van der Waals surface area contributed by atoms with Crippen LogP contribution < -0.4 is 9.64 Å². The maximum absolute atomic E-state index is 12.4. The highest BCUT2D eigenvalue weighted by atomic mass is 16.5. The number of aromatic amines is 1. The van der Waals surface area contributed by atoms with Crippen LogP contribution in [-0.4, -0.2) is 31.2 Å². The second kappa shape index (κ2) is 6.16. The van der Waals surface area contributed by atoms with Gasteiger partial charge in [0.2, 0.25) is 0 Å². The fourth-order valence-electron chi connectivity index (χ4n) is 3.60. The molecule has 1 N–H and O–H groups in total. The quantitative estimate of drug-likeness (QED) is 0.746. The molecular weight excluding hydrogens is 316 g/mol. The molecule has 1 atom stereocenters. The van der Waals surface area contributed by atoms with E-state index in [2.05, 4.69) is 22.0 Å². The van der Waals surface area contributed by atoms with E-state index in [9.17, 15) is 4.79 Å². The average Bonchev–Trinajstić information content (AvgIpc) is 3.04. The molecule has 2 heterocycles. The molecule has 0 spiro atoms. The van der Waals surface area contributed by atoms with Gasteiger partial charge in [-0.3, -0.25) is 0 Å². The normalized spacial score (nSPS) is 16.6. The third kappa shape index (κ3) is 2.61. The number of esters is 1. The van der Waals surface area contributed by atoms with Gasteiger partial charge in [-0.05, 0) is 35.9 Å². The van der Waals surface area contributed by atoms with Crippen molar-refractivity contribution in [3.8, 4) is 5.75 Å². The Morgan fingerprint density at radius 2 is 1.88 bits per heavy atom. The topological polar surface area (TPSA) is 54.6 Å². The van der Waals surface area contributed by atoms with Gasteiger partial charge in [0.05, 0.1) is 20.8 Å². The fourth-order valence-corrected chi connectivity index (χ4v) is 3.60. The molecule has 0 saturated heterocycles. The number of nitrogens with one attached hydrogen (secondary N) is 1. The second-order valence-electron chi connectivity index (χ2n) is 6.20. The van der Waals surface area contributed by atoms with Gasteiger partial charge in [0.15, 0.2) is 0 Å². The molecule has 0 radical (unpaired) electrons. The summed E-state index contributed by atoms with van der Waals surface area (Å²) in [4.78, 5) is 18.0. The summed E-state index contributed by atoms with van der Waals surface area (Å²) >= 11 is 0. The maximum atomic E-state index is 12.4. The van der Waals surface area contributed by atoms with Crippen LogP contribution in [0.1, 0.15) is 11.3 Å². The van der Waals surface area contributed by atoms with Gasteiger partial charge in [-0.25, -0.2) is 4.79 Å². The van der Waals surface area contributed by atoms with E-state index >= 15 is 0 Å². The predicted octanol–water partition coefficient (Wildman–Crippen LogP) is 3.28. The molecule has 5 nitrogen and oxygen atoms in total. The van der Waals surface area contributed by atoms with E-state index in [1.165, 1.54) is 18.1 Å². The summed E-state index contributed by atoms with van der Waals surface area (Å²) in [6.45, 7) is 0.635. The van der Waals surface area contributed by atoms with Crippen molar-refractivity contribution in [1.82, 2.24) is 4.98 Å². The van der Waals surface area contributed by atoms with E-state index < -0.39 is 0 Å². The first-order valence-corrected chi connectivity index (χ1v) is 8.28. The third-order valence-corrected chi connectivity index (χ3v) is 4.88. The Labute approximate surface area is 146 Å². The second-order valence-corrected chi connectivity index (χ2v) is 6.20. The van der Waals surface area contributed by atoms with E-state index in [0.717, 1.165) is 22.6 Å². The smallest absolute Gasteiger partial charge is 0.328 e. The van der Waals surface area contributed by atoms with E-state index in [4.69, 9.17) is 9.47 Å². The number of fused-ring (bicyclic) bond motifs is 3. The number of aromatic nitrogens is 1. The van der Waals surface area contributed by atoms with Crippen LogP contribution in [0.4, 0.5) is 5.69 Å². The van der Waals surface area contributed by atoms with Gasteiger partial charge in [-0.15, -0.1) is 0 Å². The highest BCUT2D eigenvalue weighted by Gasteiger charge is 2.34. The molecule has 0 unspecified atom stereocenters. The van der Waals surface area contributed by atoms with Gasteiger partial charge < -0.3 is 19.4 Å². The average molecular weight is 336 g/mol. The highest BCUT2D eigenvalue weighted by molar-refractivity contribution is 5.88. The summed E-state index contributed by atoms with van der Waals surface area (Å²) in [5, 5.41) is 1.18. The number of anilines is 1. The van der Waals surface area contributed by atoms with E-state index in [1.807, 2.05) is 36.4 Å². The zero-order chi connectivity index (χ0) is 17.4. The molecule has 5 heteroatoms. The molecule has 4 rings (SSSR count). The molecule has 0 fully saturated rings. The first-order valence-electron chi connectivity index (χ1n) is 8.28. The summed E-state index contributed by atoms with van der Waals surface area (Å²) in [7, 11) is 3.09. The molecule has 3 aromatic rings. The van der Waals surface area contributed by atoms with Crippen LogP contribution in [-0.2, 0) is 22.5 Å². The lowest BCUT2D eigenvalue weighted by Gasteiger charge is -2.35. The molecule has 0 amide bonds. The number of methoxy groups -OCH3 is 2. The summed E-state index contributed by atoms with van der Waals surface area (Å²) < 4.78 is 10.3. The minimum absolute atomic E-state index is 0.216. The lowest BCUT2D eigenvalue weighted by atomic mass is 9.96. The molecule has 1 aliphatic rings. The number of nitrogens with zero attached hydrogens (tertiary/aromatic N) is 1. The minimum atomic E-state index is -0.342. The van der Waals surface area contributed by atoms with Gasteiger partial charge in [-0.2, -0.15) is 0 Å². The van der Waals surface area contributed by atoms with Crippen molar-refractivity contribution in [2.75, 3.05) is 19.1 Å². The fraction of sp³-hybridized carbons (Fsp3) is 0.250. The van der Waals surface area contributed by atoms with Crippen molar-refractivity contribution in [3.05, 3.63) is 59.8 Å². The van der Waals surface area contributed by atoms with Crippen LogP contribution in [0.3, 0.4) is 0 Å². The van der Waals surface area contributed by atoms with E-state index in [-0.39, 0.29) is 12.0 Å². The zero-order valence-corrected chi connectivity index (χ0v) is 14.3. The molecule has 128 valence electrons. The molecule has 2 aromatic carbocycles. The number of carbonyl (C=O) groups is 1. The molecule has 0 saturated carbocycles. The Morgan fingerprint density at radius 1 is 1.12 bits per heavy atom. The molecule has 0 bridgehead atoms. The number of rotatable bonds is 3. The summed E-state index contributed by atoms with van der Waals surface area (Å²) in [6, 6.07) is 15.6. The van der Waals surface area contributed by atoms with Gasteiger partial charge in [-0.1, -0.05) is 18.2 Å². The molecular formula is C20H20N2O3. The van der Waals surface area contributed by atoms with Crippen molar-refractivity contribution in [2.45, 2.75) is 19.0 Å². The Bertz CT molecular complexity index is 914. The van der Waals surface area contributed by atoms with Crippen molar-refractivity contribution in [2.24, 2.45) is 0 Å². The molecule has 25 heavy (non-hydrogen) atoms. The van der Waals surface area contributed by atoms with Crippen LogP contribution in [0.25, 0.3) is 10.9 Å². The van der Waals surface area contributed by atoms with Gasteiger partial charge >= 0.3 is 5.97 Å². The Hall–Kier alpha value is -2.95. The van der Waals surface area contributed by atoms with Crippen LogP contribution in [0, 0.1) is 0 Å². The molecule has 1 aromatic heterocycles. The van der Waals surface area contributed by atoms with Gasteiger partial charge in [0.1, 0.15) is 11.8 Å². The van der Waals surface area contributed by atoms with Crippen LogP contribution in [0.2, 0.25) is 0 Å². The molecule has 1 aliphatic heterocycles. The lowest BCUT2D eigenvalue weighted by Crippen LogP contribution is -2.46. The highest BCUT2D eigenvalue weighted by Crippen LogP contribution is 2.34. The Morgan fingerprint density at radius 3 is 2.60 bits per heavy atom. The first kappa shape index (κ1) is 15.6.